The fraction of sp³-hybridized carbons (Fsp3) is 0.333. The first-order valence-corrected chi connectivity index (χ1v) is 3.81. The highest BCUT2D eigenvalue weighted by Crippen LogP contribution is 2.05. The Morgan fingerprint density at radius 1 is 1.67 bits per heavy atom. The van der Waals surface area contributed by atoms with Crippen LogP contribution in [-0.4, -0.2) is 17.4 Å². The van der Waals surface area contributed by atoms with Crippen LogP contribution in [0.4, 0.5) is 0 Å². The molecule has 0 saturated heterocycles. The second-order valence-corrected chi connectivity index (χ2v) is 2.49. The lowest BCUT2D eigenvalue weighted by Gasteiger charge is -2.02. The van der Waals surface area contributed by atoms with Crippen molar-refractivity contribution in [2.75, 3.05) is 6.61 Å². The molecule has 1 heterocycles. The standard InChI is InChI=1S/C9H11NO2/c1-8(11)4-6-12-9-3-2-5-10-7-9/h2-3,5,7H,4,6H2,1H3. The van der Waals surface area contributed by atoms with E-state index in [1.54, 1.807) is 25.4 Å². The summed E-state index contributed by atoms with van der Waals surface area (Å²) in [6.45, 7) is 1.98. The molecule has 3 heteroatoms. The lowest BCUT2D eigenvalue weighted by atomic mass is 10.3. The molecule has 0 aliphatic carbocycles. The number of ketones is 1. The topological polar surface area (TPSA) is 39.2 Å². The SMILES string of the molecule is CC(=O)CCOc1cccnc1. The fourth-order valence-corrected chi connectivity index (χ4v) is 0.745. The predicted molar refractivity (Wildman–Crippen MR) is 45.0 cm³/mol. The molecule has 1 rings (SSSR count). The molecule has 0 saturated carbocycles. The molecule has 0 bridgehead atoms. The Balaban J connectivity index is 2.29. The van der Waals surface area contributed by atoms with Crippen LogP contribution in [0.15, 0.2) is 24.5 Å². The van der Waals surface area contributed by atoms with Crippen molar-refractivity contribution in [3.8, 4) is 5.75 Å². The van der Waals surface area contributed by atoms with E-state index in [-0.39, 0.29) is 5.78 Å². The van der Waals surface area contributed by atoms with E-state index >= 15 is 0 Å². The minimum Gasteiger partial charge on any atom is -0.492 e. The summed E-state index contributed by atoms with van der Waals surface area (Å²) >= 11 is 0. The van der Waals surface area contributed by atoms with Gasteiger partial charge in [0.25, 0.3) is 0 Å². The Morgan fingerprint density at radius 2 is 2.50 bits per heavy atom. The average molecular weight is 165 g/mol. The molecule has 0 spiro atoms. The molecule has 0 atom stereocenters. The maximum atomic E-state index is 10.5. The Kier molecular flexibility index (Phi) is 3.26. The van der Waals surface area contributed by atoms with Gasteiger partial charge in [-0.25, -0.2) is 0 Å². The molecule has 0 aliphatic heterocycles. The van der Waals surface area contributed by atoms with E-state index in [1.807, 2.05) is 6.07 Å². The Morgan fingerprint density at radius 3 is 3.08 bits per heavy atom. The monoisotopic (exact) mass is 165 g/mol. The highest BCUT2D eigenvalue weighted by Gasteiger charge is 1.94. The Bertz CT molecular complexity index is 246. The van der Waals surface area contributed by atoms with Gasteiger partial charge in [0.2, 0.25) is 0 Å². The van der Waals surface area contributed by atoms with E-state index in [9.17, 15) is 4.79 Å². The lowest BCUT2D eigenvalue weighted by molar-refractivity contribution is -0.117. The van der Waals surface area contributed by atoms with Gasteiger partial charge in [-0.2, -0.15) is 0 Å². The number of aromatic nitrogens is 1. The molecular formula is C9H11NO2. The van der Waals surface area contributed by atoms with Crippen LogP contribution in [0.2, 0.25) is 0 Å². The van der Waals surface area contributed by atoms with Crippen molar-refractivity contribution in [2.24, 2.45) is 0 Å². The van der Waals surface area contributed by atoms with Gasteiger partial charge < -0.3 is 4.74 Å². The highest BCUT2D eigenvalue weighted by molar-refractivity contribution is 5.75. The number of nitrogens with zero attached hydrogens (tertiary/aromatic N) is 1. The van der Waals surface area contributed by atoms with E-state index in [1.165, 1.54) is 0 Å². The van der Waals surface area contributed by atoms with E-state index in [0.29, 0.717) is 18.8 Å². The maximum Gasteiger partial charge on any atom is 0.137 e. The zero-order valence-electron chi connectivity index (χ0n) is 6.99. The smallest absolute Gasteiger partial charge is 0.137 e. The minimum absolute atomic E-state index is 0.138. The van der Waals surface area contributed by atoms with Crippen molar-refractivity contribution >= 4 is 5.78 Å². The number of pyridine rings is 1. The van der Waals surface area contributed by atoms with E-state index in [4.69, 9.17) is 4.74 Å². The zero-order chi connectivity index (χ0) is 8.81. The van der Waals surface area contributed by atoms with Crippen molar-refractivity contribution in [3.63, 3.8) is 0 Å². The molecule has 0 amide bonds. The molecule has 3 nitrogen and oxygen atoms in total. The third-order valence-electron chi connectivity index (χ3n) is 1.36. The van der Waals surface area contributed by atoms with Gasteiger partial charge in [-0.05, 0) is 19.1 Å². The number of carbonyl (C=O) groups is 1. The number of rotatable bonds is 4. The fourth-order valence-electron chi connectivity index (χ4n) is 0.745. The van der Waals surface area contributed by atoms with Crippen LogP contribution in [0.1, 0.15) is 13.3 Å². The van der Waals surface area contributed by atoms with Gasteiger partial charge in [0.15, 0.2) is 0 Å². The molecular weight excluding hydrogens is 154 g/mol. The maximum absolute atomic E-state index is 10.5. The molecule has 1 aromatic rings. The van der Waals surface area contributed by atoms with E-state index in [0.717, 1.165) is 0 Å². The number of hydrogen-bond acceptors (Lipinski definition) is 3. The highest BCUT2D eigenvalue weighted by atomic mass is 16.5. The molecule has 0 unspecified atom stereocenters. The molecule has 0 radical (unpaired) electrons. The van der Waals surface area contributed by atoms with Crippen molar-refractivity contribution < 1.29 is 9.53 Å². The van der Waals surface area contributed by atoms with Crippen LogP contribution >= 0.6 is 0 Å². The summed E-state index contributed by atoms with van der Waals surface area (Å²) in [5.74, 6) is 0.845. The molecule has 0 aromatic carbocycles. The summed E-state index contributed by atoms with van der Waals surface area (Å²) in [5.41, 5.74) is 0. The van der Waals surface area contributed by atoms with E-state index < -0.39 is 0 Å². The summed E-state index contributed by atoms with van der Waals surface area (Å²) in [6.07, 6.45) is 3.76. The largest absolute Gasteiger partial charge is 0.492 e. The van der Waals surface area contributed by atoms with Crippen LogP contribution in [0.3, 0.4) is 0 Å². The van der Waals surface area contributed by atoms with Crippen LogP contribution < -0.4 is 4.74 Å². The minimum atomic E-state index is 0.138. The van der Waals surface area contributed by atoms with Gasteiger partial charge in [-0.15, -0.1) is 0 Å². The number of carbonyl (C=O) groups excluding carboxylic acids is 1. The van der Waals surface area contributed by atoms with Crippen molar-refractivity contribution in [1.82, 2.24) is 4.98 Å². The van der Waals surface area contributed by atoms with Crippen LogP contribution in [0, 0.1) is 0 Å². The number of Topliss-reactive ketones (excluding diaryl/α,β-unsaturated/α-hetero) is 1. The lowest BCUT2D eigenvalue weighted by Crippen LogP contribution is -2.02. The average Bonchev–Trinajstić information content (AvgIpc) is 2.05. The Hall–Kier alpha value is -1.38. The first-order chi connectivity index (χ1) is 5.79. The third kappa shape index (κ3) is 3.14. The summed E-state index contributed by atoms with van der Waals surface area (Å²) < 4.78 is 5.23. The van der Waals surface area contributed by atoms with Gasteiger partial charge in [-0.3, -0.25) is 9.78 Å². The molecule has 64 valence electrons. The van der Waals surface area contributed by atoms with Crippen LogP contribution in [0.5, 0.6) is 5.75 Å². The molecule has 0 fully saturated rings. The molecule has 0 N–H and O–H groups in total. The quantitative estimate of drug-likeness (QED) is 0.677. The van der Waals surface area contributed by atoms with Gasteiger partial charge in [0.05, 0.1) is 12.8 Å². The van der Waals surface area contributed by atoms with Gasteiger partial charge in [0.1, 0.15) is 11.5 Å². The normalized spacial score (nSPS) is 9.42. The third-order valence-corrected chi connectivity index (χ3v) is 1.36. The van der Waals surface area contributed by atoms with Crippen molar-refractivity contribution in [3.05, 3.63) is 24.5 Å². The van der Waals surface area contributed by atoms with Gasteiger partial charge >= 0.3 is 0 Å². The van der Waals surface area contributed by atoms with Crippen molar-refractivity contribution in [1.29, 1.82) is 0 Å². The van der Waals surface area contributed by atoms with Gasteiger partial charge in [0, 0.05) is 12.6 Å². The van der Waals surface area contributed by atoms with E-state index in [2.05, 4.69) is 4.98 Å². The Labute approximate surface area is 71.4 Å². The first-order valence-electron chi connectivity index (χ1n) is 3.81. The second kappa shape index (κ2) is 4.49. The van der Waals surface area contributed by atoms with Gasteiger partial charge in [-0.1, -0.05) is 0 Å². The molecule has 1 aromatic heterocycles. The zero-order valence-corrected chi connectivity index (χ0v) is 6.99. The summed E-state index contributed by atoms with van der Waals surface area (Å²) in [6, 6.07) is 3.61. The van der Waals surface area contributed by atoms with Crippen LogP contribution in [0.25, 0.3) is 0 Å². The summed E-state index contributed by atoms with van der Waals surface area (Å²) in [5, 5.41) is 0. The summed E-state index contributed by atoms with van der Waals surface area (Å²) in [7, 11) is 0. The van der Waals surface area contributed by atoms with Crippen LogP contribution in [-0.2, 0) is 4.79 Å². The number of hydrogen-bond donors (Lipinski definition) is 0. The molecule has 0 aliphatic rings. The number of ether oxygens (including phenoxy) is 1. The first kappa shape index (κ1) is 8.71. The molecule has 12 heavy (non-hydrogen) atoms. The second-order valence-electron chi connectivity index (χ2n) is 2.49. The van der Waals surface area contributed by atoms with Crippen molar-refractivity contribution in [2.45, 2.75) is 13.3 Å². The summed E-state index contributed by atoms with van der Waals surface area (Å²) in [4.78, 5) is 14.4. The predicted octanol–water partition coefficient (Wildman–Crippen LogP) is 1.44.